The van der Waals surface area contributed by atoms with Gasteiger partial charge in [-0.05, 0) is 66.9 Å². The Morgan fingerprint density at radius 3 is 1.77 bits per heavy atom. The normalized spacial score (nSPS) is 12.7. The lowest BCUT2D eigenvalue weighted by Crippen LogP contribution is -2.46. The number of nitrogens with zero attached hydrogens (tertiary/aromatic N) is 1. The first-order valence-electron chi connectivity index (χ1n) is 14.4. The van der Waals surface area contributed by atoms with E-state index in [0.717, 1.165) is 11.0 Å². The minimum absolute atomic E-state index is 0.0372. The number of fused-ring (bicyclic) bond motifs is 1. The number of amides is 4. The third kappa shape index (κ3) is 8.41. The van der Waals surface area contributed by atoms with Gasteiger partial charge in [0.25, 0.3) is 23.6 Å². The number of anilines is 2. The fourth-order valence-electron chi connectivity index (χ4n) is 4.80. The number of hydrogen-bond donors (Lipinski definition) is 2. The molecule has 0 unspecified atom stereocenters. The summed E-state index contributed by atoms with van der Waals surface area (Å²) in [5.74, 6) is -4.43. The van der Waals surface area contributed by atoms with E-state index in [1.165, 1.54) is 38.5 Å². The maximum atomic E-state index is 13.5. The van der Waals surface area contributed by atoms with Gasteiger partial charge in [-0.3, -0.25) is 24.1 Å². The average Bonchev–Trinajstić information content (AvgIpc) is 3.29. The molecule has 15 heteroatoms. The van der Waals surface area contributed by atoms with Gasteiger partial charge in [-0.1, -0.05) is 37.0 Å². The number of carbonyl (C=O) groups excluding carboxylic acids is 6. The van der Waals surface area contributed by atoms with Gasteiger partial charge in [0.1, 0.15) is 17.5 Å². The van der Waals surface area contributed by atoms with Crippen molar-refractivity contribution in [3.63, 3.8) is 0 Å². The third-order valence-electron chi connectivity index (χ3n) is 6.98. The highest BCUT2D eigenvalue weighted by Crippen LogP contribution is 2.30. The van der Waals surface area contributed by atoms with Crippen LogP contribution in [-0.2, 0) is 23.9 Å². The summed E-state index contributed by atoms with van der Waals surface area (Å²) < 4.78 is 20.7. The van der Waals surface area contributed by atoms with Gasteiger partial charge in [0.15, 0.2) is 13.2 Å². The average molecular weight is 701 g/mol. The van der Waals surface area contributed by atoms with Crippen molar-refractivity contribution < 1.29 is 47.7 Å². The number of halogens is 2. The number of benzene rings is 3. The number of ether oxygens (including phenoxy) is 4. The molecule has 1 atom stereocenters. The van der Waals surface area contributed by atoms with Crippen LogP contribution in [0.1, 0.15) is 51.3 Å². The van der Waals surface area contributed by atoms with E-state index in [1.54, 1.807) is 38.1 Å². The van der Waals surface area contributed by atoms with Crippen molar-refractivity contribution in [3.05, 3.63) is 81.3 Å². The van der Waals surface area contributed by atoms with Gasteiger partial charge in [0.2, 0.25) is 0 Å². The van der Waals surface area contributed by atoms with E-state index in [2.05, 4.69) is 10.6 Å². The number of nitrogens with one attached hydrogen (secondary N) is 2. The highest BCUT2D eigenvalue weighted by Gasteiger charge is 2.44. The molecule has 0 spiro atoms. The lowest BCUT2D eigenvalue weighted by Gasteiger charge is -2.25. The number of methoxy groups -OCH3 is 2. The van der Waals surface area contributed by atoms with Gasteiger partial charge < -0.3 is 29.6 Å². The summed E-state index contributed by atoms with van der Waals surface area (Å²) in [5, 5.41) is 5.75. The SMILES string of the molecule is COc1ccc(Cl)cc1NC(=O)COC(=O)c1ccc2c(c1)C(=O)N([C@H](CC(C)C)C(=O)OCC(=O)Nc1cc(Cl)ccc1OC)C2=O. The largest absolute Gasteiger partial charge is 0.495 e. The Hall–Kier alpha value is -5.14. The molecule has 4 amide bonds. The van der Waals surface area contributed by atoms with Crippen molar-refractivity contribution in [2.24, 2.45) is 5.92 Å². The molecule has 0 saturated heterocycles. The van der Waals surface area contributed by atoms with Crippen LogP contribution in [0.4, 0.5) is 11.4 Å². The first kappa shape index (κ1) is 35.7. The number of rotatable bonds is 13. The molecule has 0 fully saturated rings. The van der Waals surface area contributed by atoms with Crippen LogP contribution in [-0.4, -0.2) is 73.9 Å². The monoisotopic (exact) mass is 699 g/mol. The Kier molecular flexibility index (Phi) is 11.6. The van der Waals surface area contributed by atoms with Crippen molar-refractivity contribution >= 4 is 70.1 Å². The van der Waals surface area contributed by atoms with Crippen LogP contribution >= 0.6 is 23.2 Å². The van der Waals surface area contributed by atoms with E-state index >= 15 is 0 Å². The van der Waals surface area contributed by atoms with Gasteiger partial charge in [0, 0.05) is 10.0 Å². The summed E-state index contributed by atoms with van der Waals surface area (Å²) >= 11 is 12.0. The van der Waals surface area contributed by atoms with E-state index in [1.807, 2.05) is 0 Å². The molecule has 1 heterocycles. The summed E-state index contributed by atoms with van der Waals surface area (Å²) in [4.78, 5) is 78.7. The standard InChI is InChI=1S/C33H31Cl2N3O10/c1-17(2)11-25(33(44)48-16-29(40)37-24-14-20(35)7-10-27(24)46-4)38-30(41)21-8-5-18(12-22(21)31(38)42)32(43)47-15-28(39)36-23-13-19(34)6-9-26(23)45-3/h5-10,12-14,17,25H,11,15-16H2,1-4H3,(H,36,39)(H,37,40)/t25-/m1/s1. The zero-order valence-corrected chi connectivity index (χ0v) is 27.8. The van der Waals surface area contributed by atoms with E-state index in [4.69, 9.17) is 42.1 Å². The zero-order valence-electron chi connectivity index (χ0n) is 26.3. The van der Waals surface area contributed by atoms with Crippen LogP contribution in [0.15, 0.2) is 54.6 Å². The Bertz CT molecular complexity index is 1780. The topological polar surface area (TPSA) is 167 Å². The molecule has 0 aliphatic carbocycles. The molecule has 3 aromatic rings. The van der Waals surface area contributed by atoms with E-state index < -0.39 is 54.8 Å². The summed E-state index contributed by atoms with van der Waals surface area (Å²) in [7, 11) is 2.82. The summed E-state index contributed by atoms with van der Waals surface area (Å²) in [6.07, 6.45) is 0.0372. The lowest BCUT2D eigenvalue weighted by atomic mass is 10.0. The Morgan fingerprint density at radius 1 is 0.729 bits per heavy atom. The quantitative estimate of drug-likeness (QED) is 0.183. The molecule has 1 aliphatic rings. The first-order valence-corrected chi connectivity index (χ1v) is 15.2. The predicted molar refractivity (Wildman–Crippen MR) is 175 cm³/mol. The smallest absolute Gasteiger partial charge is 0.338 e. The lowest BCUT2D eigenvalue weighted by molar-refractivity contribution is -0.151. The van der Waals surface area contributed by atoms with Crippen molar-refractivity contribution in [3.8, 4) is 11.5 Å². The van der Waals surface area contributed by atoms with E-state index in [9.17, 15) is 28.8 Å². The number of hydrogen-bond acceptors (Lipinski definition) is 10. The molecule has 13 nitrogen and oxygen atoms in total. The van der Waals surface area contributed by atoms with Crippen molar-refractivity contribution in [1.29, 1.82) is 0 Å². The second-order valence-electron chi connectivity index (χ2n) is 10.9. The summed E-state index contributed by atoms with van der Waals surface area (Å²) in [6.45, 7) is 2.16. The third-order valence-corrected chi connectivity index (χ3v) is 7.45. The van der Waals surface area contributed by atoms with Crippen LogP contribution in [0.3, 0.4) is 0 Å². The Balaban J connectivity index is 1.42. The molecule has 4 rings (SSSR count). The highest BCUT2D eigenvalue weighted by atomic mass is 35.5. The van der Waals surface area contributed by atoms with Gasteiger partial charge >= 0.3 is 11.9 Å². The zero-order chi connectivity index (χ0) is 35.1. The van der Waals surface area contributed by atoms with Gasteiger partial charge in [-0.2, -0.15) is 0 Å². The molecule has 0 radical (unpaired) electrons. The van der Waals surface area contributed by atoms with Gasteiger partial charge in [-0.25, -0.2) is 9.59 Å². The maximum Gasteiger partial charge on any atom is 0.338 e. The van der Waals surface area contributed by atoms with Crippen LogP contribution in [0.25, 0.3) is 0 Å². The molecule has 48 heavy (non-hydrogen) atoms. The molecule has 0 bridgehead atoms. The van der Waals surface area contributed by atoms with E-state index in [-0.39, 0.29) is 40.4 Å². The van der Waals surface area contributed by atoms with Gasteiger partial charge in [-0.15, -0.1) is 0 Å². The highest BCUT2D eigenvalue weighted by molar-refractivity contribution is 6.31. The molecular formula is C33H31Cl2N3O10. The first-order chi connectivity index (χ1) is 22.8. The van der Waals surface area contributed by atoms with Crippen molar-refractivity contribution in [1.82, 2.24) is 4.90 Å². The van der Waals surface area contributed by atoms with Crippen LogP contribution in [0.5, 0.6) is 11.5 Å². The van der Waals surface area contributed by atoms with Crippen molar-refractivity contribution in [2.45, 2.75) is 26.3 Å². The minimum Gasteiger partial charge on any atom is -0.495 e. The Morgan fingerprint density at radius 2 is 1.25 bits per heavy atom. The van der Waals surface area contributed by atoms with Crippen LogP contribution < -0.4 is 20.1 Å². The number of carbonyl (C=O) groups is 6. The minimum atomic E-state index is -1.37. The van der Waals surface area contributed by atoms with Crippen molar-refractivity contribution in [2.75, 3.05) is 38.1 Å². The molecule has 2 N–H and O–H groups in total. The summed E-state index contributed by atoms with van der Waals surface area (Å²) in [6, 6.07) is 11.5. The summed E-state index contributed by atoms with van der Waals surface area (Å²) in [5.41, 5.74) is 0.219. The molecule has 252 valence electrons. The fourth-order valence-corrected chi connectivity index (χ4v) is 5.14. The Labute approximate surface area is 285 Å². The molecular weight excluding hydrogens is 669 g/mol. The maximum absolute atomic E-state index is 13.5. The molecule has 3 aromatic carbocycles. The predicted octanol–water partition coefficient (Wildman–Crippen LogP) is 5.00. The fraction of sp³-hybridized carbons (Fsp3) is 0.273. The number of esters is 2. The number of imide groups is 1. The van der Waals surface area contributed by atoms with Gasteiger partial charge in [0.05, 0.1) is 42.3 Å². The molecule has 1 aliphatic heterocycles. The van der Waals surface area contributed by atoms with Crippen LogP contribution in [0, 0.1) is 5.92 Å². The molecule has 0 aromatic heterocycles. The molecule has 0 saturated carbocycles. The second-order valence-corrected chi connectivity index (χ2v) is 11.7. The van der Waals surface area contributed by atoms with Crippen LogP contribution in [0.2, 0.25) is 10.0 Å². The van der Waals surface area contributed by atoms with E-state index in [0.29, 0.717) is 21.5 Å². The second kappa shape index (κ2) is 15.6.